The SMILES string of the molecule is CC(=O)OCc1ccc(NC(=O)CNC(=O)C(NC(C)C)C(C)C)cc1. The Hall–Kier alpha value is -2.41. The summed E-state index contributed by atoms with van der Waals surface area (Å²) in [6, 6.07) is 6.79. The molecule has 0 aliphatic heterocycles. The molecule has 1 aromatic rings. The average Bonchev–Trinajstić information content (AvgIpc) is 2.56. The van der Waals surface area contributed by atoms with Crippen molar-refractivity contribution >= 4 is 23.5 Å². The molecule has 0 aliphatic rings. The van der Waals surface area contributed by atoms with Crippen LogP contribution >= 0.6 is 0 Å². The molecule has 1 aromatic carbocycles. The predicted octanol–water partition coefficient (Wildman–Crippen LogP) is 1.83. The molecule has 0 saturated heterocycles. The Morgan fingerprint density at radius 3 is 2.15 bits per heavy atom. The van der Waals surface area contributed by atoms with Crippen molar-refractivity contribution in [3.8, 4) is 0 Å². The summed E-state index contributed by atoms with van der Waals surface area (Å²) in [7, 11) is 0. The number of benzene rings is 1. The van der Waals surface area contributed by atoms with Gasteiger partial charge < -0.3 is 20.7 Å². The number of hydrogen-bond acceptors (Lipinski definition) is 5. The summed E-state index contributed by atoms with van der Waals surface area (Å²) in [4.78, 5) is 35.1. The van der Waals surface area contributed by atoms with Gasteiger partial charge in [0.15, 0.2) is 0 Å². The third-order valence-corrected chi connectivity index (χ3v) is 3.56. The maximum atomic E-state index is 12.3. The van der Waals surface area contributed by atoms with Crippen LogP contribution in [-0.4, -0.2) is 36.4 Å². The van der Waals surface area contributed by atoms with Gasteiger partial charge in [0.05, 0.1) is 12.6 Å². The van der Waals surface area contributed by atoms with Crippen molar-refractivity contribution in [1.82, 2.24) is 10.6 Å². The van der Waals surface area contributed by atoms with Crippen LogP contribution in [0.4, 0.5) is 5.69 Å². The van der Waals surface area contributed by atoms with Crippen LogP contribution in [-0.2, 0) is 25.7 Å². The van der Waals surface area contributed by atoms with E-state index in [-0.39, 0.29) is 48.9 Å². The summed E-state index contributed by atoms with van der Waals surface area (Å²) in [6.07, 6.45) is 0. The summed E-state index contributed by atoms with van der Waals surface area (Å²) in [6.45, 7) is 9.30. The monoisotopic (exact) mass is 363 g/mol. The molecule has 0 aromatic heterocycles. The summed E-state index contributed by atoms with van der Waals surface area (Å²) < 4.78 is 4.90. The molecule has 1 rings (SSSR count). The first-order valence-corrected chi connectivity index (χ1v) is 8.75. The maximum Gasteiger partial charge on any atom is 0.302 e. The molecule has 7 heteroatoms. The van der Waals surface area contributed by atoms with Crippen molar-refractivity contribution in [2.75, 3.05) is 11.9 Å². The molecule has 144 valence electrons. The fourth-order valence-electron chi connectivity index (χ4n) is 2.28. The van der Waals surface area contributed by atoms with Gasteiger partial charge in [-0.2, -0.15) is 0 Å². The van der Waals surface area contributed by atoms with Crippen LogP contribution in [0.25, 0.3) is 0 Å². The highest BCUT2D eigenvalue weighted by molar-refractivity contribution is 5.95. The molecular weight excluding hydrogens is 334 g/mol. The summed E-state index contributed by atoms with van der Waals surface area (Å²) in [5.74, 6) is -0.728. The van der Waals surface area contributed by atoms with E-state index >= 15 is 0 Å². The molecule has 3 N–H and O–H groups in total. The lowest BCUT2D eigenvalue weighted by molar-refractivity contribution is -0.142. The normalized spacial score (nSPS) is 12.0. The topological polar surface area (TPSA) is 96.5 Å². The van der Waals surface area contributed by atoms with Crippen LogP contribution in [0, 0.1) is 5.92 Å². The van der Waals surface area contributed by atoms with Gasteiger partial charge in [-0.1, -0.05) is 39.8 Å². The smallest absolute Gasteiger partial charge is 0.302 e. The fourth-order valence-corrected chi connectivity index (χ4v) is 2.28. The molecule has 0 radical (unpaired) electrons. The number of esters is 1. The van der Waals surface area contributed by atoms with Crippen LogP contribution in [0.15, 0.2) is 24.3 Å². The van der Waals surface area contributed by atoms with Gasteiger partial charge >= 0.3 is 5.97 Å². The van der Waals surface area contributed by atoms with E-state index in [0.29, 0.717) is 5.69 Å². The lowest BCUT2D eigenvalue weighted by Crippen LogP contribution is -2.51. The van der Waals surface area contributed by atoms with Crippen LogP contribution in [0.2, 0.25) is 0 Å². The number of nitrogens with one attached hydrogen (secondary N) is 3. The predicted molar refractivity (Wildman–Crippen MR) is 100 cm³/mol. The zero-order valence-electron chi connectivity index (χ0n) is 16.1. The van der Waals surface area contributed by atoms with E-state index in [4.69, 9.17) is 4.74 Å². The van der Waals surface area contributed by atoms with E-state index in [1.165, 1.54) is 6.92 Å². The summed E-state index contributed by atoms with van der Waals surface area (Å²) in [5, 5.41) is 8.58. The molecule has 0 fully saturated rings. The van der Waals surface area contributed by atoms with Crippen LogP contribution < -0.4 is 16.0 Å². The molecule has 0 aliphatic carbocycles. The highest BCUT2D eigenvalue weighted by atomic mass is 16.5. The summed E-state index contributed by atoms with van der Waals surface area (Å²) in [5.41, 5.74) is 1.43. The van der Waals surface area contributed by atoms with Gasteiger partial charge in [-0.3, -0.25) is 14.4 Å². The zero-order chi connectivity index (χ0) is 19.7. The number of hydrogen-bond donors (Lipinski definition) is 3. The Kier molecular flexibility index (Phi) is 8.78. The quantitative estimate of drug-likeness (QED) is 0.582. The number of carbonyl (C=O) groups is 3. The largest absolute Gasteiger partial charge is 0.461 e. The van der Waals surface area contributed by atoms with E-state index in [1.54, 1.807) is 24.3 Å². The molecule has 26 heavy (non-hydrogen) atoms. The first-order valence-electron chi connectivity index (χ1n) is 8.75. The van der Waals surface area contributed by atoms with Crippen LogP contribution in [0.3, 0.4) is 0 Å². The minimum absolute atomic E-state index is 0.100. The Morgan fingerprint density at radius 2 is 1.65 bits per heavy atom. The van der Waals surface area contributed by atoms with E-state index < -0.39 is 0 Å². The Bertz CT molecular complexity index is 612. The number of amides is 2. The van der Waals surface area contributed by atoms with E-state index in [9.17, 15) is 14.4 Å². The van der Waals surface area contributed by atoms with Crippen LogP contribution in [0.1, 0.15) is 40.2 Å². The van der Waals surface area contributed by atoms with Crippen molar-refractivity contribution in [2.24, 2.45) is 5.92 Å². The number of ether oxygens (including phenoxy) is 1. The minimum atomic E-state index is -0.344. The molecule has 2 amide bonds. The number of anilines is 1. The molecule has 1 unspecified atom stereocenters. The Labute approximate surface area is 154 Å². The first-order chi connectivity index (χ1) is 12.2. The maximum absolute atomic E-state index is 12.3. The van der Waals surface area contributed by atoms with Gasteiger partial charge in [-0.25, -0.2) is 0 Å². The molecule has 7 nitrogen and oxygen atoms in total. The van der Waals surface area contributed by atoms with Gasteiger partial charge in [0.1, 0.15) is 6.61 Å². The minimum Gasteiger partial charge on any atom is -0.461 e. The lowest BCUT2D eigenvalue weighted by atomic mass is 10.0. The van der Waals surface area contributed by atoms with Crippen molar-refractivity contribution in [3.63, 3.8) is 0 Å². The summed E-state index contributed by atoms with van der Waals surface area (Å²) >= 11 is 0. The molecule has 0 saturated carbocycles. The van der Waals surface area contributed by atoms with Crippen molar-refractivity contribution in [3.05, 3.63) is 29.8 Å². The van der Waals surface area contributed by atoms with Crippen LogP contribution in [0.5, 0.6) is 0 Å². The molecule has 0 spiro atoms. The van der Waals surface area contributed by atoms with E-state index in [2.05, 4.69) is 16.0 Å². The van der Waals surface area contributed by atoms with Gasteiger partial charge in [0.2, 0.25) is 11.8 Å². The van der Waals surface area contributed by atoms with Gasteiger partial charge in [-0.15, -0.1) is 0 Å². The first kappa shape index (κ1) is 21.6. The van der Waals surface area contributed by atoms with E-state index in [1.807, 2.05) is 27.7 Å². The fraction of sp³-hybridized carbons (Fsp3) is 0.526. The third-order valence-electron chi connectivity index (χ3n) is 3.56. The van der Waals surface area contributed by atoms with Crippen molar-refractivity contribution in [1.29, 1.82) is 0 Å². The second-order valence-electron chi connectivity index (χ2n) is 6.79. The molecule has 0 heterocycles. The standard InChI is InChI=1S/C19H29N3O4/c1-12(2)18(21-13(3)4)19(25)20-10-17(24)22-16-8-6-15(7-9-16)11-26-14(5)23/h6-9,12-13,18,21H,10-11H2,1-5H3,(H,20,25)(H,22,24). The van der Waals surface area contributed by atoms with E-state index in [0.717, 1.165) is 5.56 Å². The average molecular weight is 363 g/mol. The zero-order valence-corrected chi connectivity index (χ0v) is 16.1. The highest BCUT2D eigenvalue weighted by Crippen LogP contribution is 2.10. The second kappa shape index (κ2) is 10.6. The molecular formula is C19H29N3O4. The highest BCUT2D eigenvalue weighted by Gasteiger charge is 2.22. The van der Waals surface area contributed by atoms with Gasteiger partial charge in [-0.05, 0) is 23.6 Å². The Balaban J connectivity index is 2.48. The number of rotatable bonds is 9. The van der Waals surface area contributed by atoms with Crippen molar-refractivity contribution in [2.45, 2.75) is 53.3 Å². The number of carbonyl (C=O) groups excluding carboxylic acids is 3. The van der Waals surface area contributed by atoms with Crippen molar-refractivity contribution < 1.29 is 19.1 Å². The molecule has 0 bridgehead atoms. The lowest BCUT2D eigenvalue weighted by Gasteiger charge is -2.23. The Morgan fingerprint density at radius 1 is 1.04 bits per heavy atom. The van der Waals surface area contributed by atoms with Gasteiger partial charge in [0.25, 0.3) is 0 Å². The van der Waals surface area contributed by atoms with Gasteiger partial charge in [0, 0.05) is 18.7 Å². The molecule has 1 atom stereocenters. The third kappa shape index (κ3) is 8.11. The second-order valence-corrected chi connectivity index (χ2v) is 6.79.